The van der Waals surface area contributed by atoms with Gasteiger partial charge in [0.25, 0.3) is 0 Å². The Morgan fingerprint density at radius 1 is 1.27 bits per heavy atom. The lowest BCUT2D eigenvalue weighted by Gasteiger charge is -2.26. The van der Waals surface area contributed by atoms with Crippen molar-refractivity contribution in [2.75, 3.05) is 11.4 Å². The van der Waals surface area contributed by atoms with Crippen molar-refractivity contribution in [3.05, 3.63) is 54.2 Å². The van der Waals surface area contributed by atoms with Crippen molar-refractivity contribution in [1.82, 2.24) is 15.0 Å². The molecule has 0 aliphatic carbocycles. The van der Waals surface area contributed by atoms with Crippen LogP contribution in [0.4, 0.5) is 10.2 Å². The zero-order chi connectivity index (χ0) is 15.1. The summed E-state index contributed by atoms with van der Waals surface area (Å²) in [5.74, 6) is 0.491. The van der Waals surface area contributed by atoms with Gasteiger partial charge in [-0.2, -0.15) is 0 Å². The van der Waals surface area contributed by atoms with E-state index in [4.69, 9.17) is 0 Å². The van der Waals surface area contributed by atoms with Crippen LogP contribution in [-0.4, -0.2) is 32.7 Å². The van der Waals surface area contributed by atoms with Crippen molar-refractivity contribution in [3.8, 4) is 0 Å². The average Bonchev–Trinajstić information content (AvgIpc) is 3.13. The molecule has 1 saturated heterocycles. The fraction of sp³-hybridized carbons (Fsp3) is 0.250. The number of β-amino-alcohol motifs (C(OH)–C–C–N with tert-alkyl or cyclic N) is 1. The molecule has 1 aliphatic rings. The Labute approximate surface area is 126 Å². The molecule has 0 amide bonds. The van der Waals surface area contributed by atoms with Gasteiger partial charge in [-0.1, -0.05) is 12.1 Å². The van der Waals surface area contributed by atoms with Crippen LogP contribution in [0, 0.1) is 5.82 Å². The third kappa shape index (κ3) is 2.12. The molecule has 1 aromatic carbocycles. The minimum absolute atomic E-state index is 0.0984. The molecule has 4 rings (SSSR count). The van der Waals surface area contributed by atoms with Crippen LogP contribution in [0.15, 0.2) is 42.9 Å². The number of halogens is 1. The van der Waals surface area contributed by atoms with E-state index in [1.54, 1.807) is 6.07 Å². The molecular weight excluding hydrogens is 283 g/mol. The Bertz CT molecular complexity index is 819. The van der Waals surface area contributed by atoms with Crippen LogP contribution in [0.2, 0.25) is 0 Å². The summed E-state index contributed by atoms with van der Waals surface area (Å²) in [7, 11) is 0. The van der Waals surface area contributed by atoms with Gasteiger partial charge in [-0.25, -0.2) is 14.4 Å². The maximum atomic E-state index is 13.5. The zero-order valence-electron chi connectivity index (χ0n) is 11.8. The van der Waals surface area contributed by atoms with Crippen molar-refractivity contribution in [2.24, 2.45) is 0 Å². The quantitative estimate of drug-likeness (QED) is 0.762. The SMILES string of the molecule is O[C@@H]1C[C@@H](c2cccc(F)c2)N(c2ncnc3[nH]ccc23)C1. The van der Waals surface area contributed by atoms with E-state index in [-0.39, 0.29) is 11.9 Å². The number of benzene rings is 1. The van der Waals surface area contributed by atoms with Gasteiger partial charge < -0.3 is 15.0 Å². The van der Waals surface area contributed by atoms with E-state index in [0.717, 1.165) is 22.4 Å². The Hall–Kier alpha value is -2.47. The third-order valence-corrected chi connectivity index (χ3v) is 4.12. The number of hydrogen-bond donors (Lipinski definition) is 2. The minimum atomic E-state index is -0.461. The molecule has 0 saturated carbocycles. The van der Waals surface area contributed by atoms with Crippen molar-refractivity contribution < 1.29 is 9.50 Å². The average molecular weight is 298 g/mol. The predicted octanol–water partition coefficient (Wildman–Crippen LogP) is 2.41. The largest absolute Gasteiger partial charge is 0.391 e. The Morgan fingerprint density at radius 2 is 2.18 bits per heavy atom. The first-order valence-electron chi connectivity index (χ1n) is 7.20. The van der Waals surface area contributed by atoms with Crippen molar-refractivity contribution in [2.45, 2.75) is 18.6 Å². The summed E-state index contributed by atoms with van der Waals surface area (Å²) in [6.45, 7) is 0.471. The summed E-state index contributed by atoms with van der Waals surface area (Å²) in [6.07, 6.45) is 3.41. The number of aromatic amines is 1. The number of fused-ring (bicyclic) bond motifs is 1. The van der Waals surface area contributed by atoms with Gasteiger partial charge in [-0.05, 0) is 30.2 Å². The lowest BCUT2D eigenvalue weighted by atomic mass is 10.0. The van der Waals surface area contributed by atoms with E-state index in [0.29, 0.717) is 13.0 Å². The van der Waals surface area contributed by atoms with Gasteiger partial charge in [0, 0.05) is 12.7 Å². The van der Waals surface area contributed by atoms with E-state index < -0.39 is 6.10 Å². The van der Waals surface area contributed by atoms with Crippen molar-refractivity contribution >= 4 is 16.9 Å². The number of aliphatic hydroxyl groups excluding tert-OH is 1. The molecule has 22 heavy (non-hydrogen) atoms. The fourth-order valence-electron chi connectivity index (χ4n) is 3.17. The highest BCUT2D eigenvalue weighted by Crippen LogP contribution is 2.37. The van der Waals surface area contributed by atoms with Gasteiger partial charge >= 0.3 is 0 Å². The topological polar surface area (TPSA) is 65.0 Å². The molecule has 1 fully saturated rings. The second-order valence-corrected chi connectivity index (χ2v) is 5.55. The van der Waals surface area contributed by atoms with Gasteiger partial charge in [0.05, 0.1) is 17.5 Å². The molecule has 6 heteroatoms. The first kappa shape index (κ1) is 13.2. The summed E-state index contributed by atoms with van der Waals surface area (Å²) < 4.78 is 13.5. The lowest BCUT2D eigenvalue weighted by molar-refractivity contribution is 0.194. The smallest absolute Gasteiger partial charge is 0.142 e. The number of rotatable bonds is 2. The van der Waals surface area contributed by atoms with E-state index in [9.17, 15) is 9.50 Å². The molecule has 0 spiro atoms. The number of hydrogen-bond acceptors (Lipinski definition) is 4. The molecule has 0 unspecified atom stereocenters. The molecule has 0 bridgehead atoms. The summed E-state index contributed by atoms with van der Waals surface area (Å²) >= 11 is 0. The molecule has 2 aromatic heterocycles. The first-order chi connectivity index (χ1) is 10.7. The maximum absolute atomic E-state index is 13.5. The monoisotopic (exact) mass is 298 g/mol. The molecular formula is C16H15FN4O. The molecule has 112 valence electrons. The molecule has 3 aromatic rings. The summed E-state index contributed by atoms with van der Waals surface area (Å²) in [4.78, 5) is 13.7. The minimum Gasteiger partial charge on any atom is -0.391 e. The van der Waals surface area contributed by atoms with Crippen LogP contribution in [0.3, 0.4) is 0 Å². The molecule has 5 nitrogen and oxygen atoms in total. The molecule has 0 radical (unpaired) electrons. The van der Waals surface area contributed by atoms with Crippen LogP contribution in [0.5, 0.6) is 0 Å². The molecule has 3 heterocycles. The van der Waals surface area contributed by atoms with E-state index in [1.165, 1.54) is 18.5 Å². The number of aromatic nitrogens is 3. The Kier molecular flexibility index (Phi) is 3.04. The van der Waals surface area contributed by atoms with Crippen molar-refractivity contribution in [1.29, 1.82) is 0 Å². The summed E-state index contributed by atoms with van der Waals surface area (Å²) in [6, 6.07) is 8.34. The zero-order valence-corrected chi connectivity index (χ0v) is 11.8. The fourth-order valence-corrected chi connectivity index (χ4v) is 3.17. The Balaban J connectivity index is 1.80. The number of nitrogens with zero attached hydrogens (tertiary/aromatic N) is 3. The number of H-pyrrole nitrogens is 1. The van der Waals surface area contributed by atoms with Crippen LogP contribution in [-0.2, 0) is 0 Å². The number of aliphatic hydroxyl groups is 1. The molecule has 2 atom stereocenters. The van der Waals surface area contributed by atoms with Gasteiger partial charge in [0.1, 0.15) is 23.6 Å². The van der Waals surface area contributed by atoms with Crippen LogP contribution < -0.4 is 4.90 Å². The van der Waals surface area contributed by atoms with E-state index >= 15 is 0 Å². The highest BCUT2D eigenvalue weighted by Gasteiger charge is 2.34. The normalized spacial score (nSPS) is 21.6. The van der Waals surface area contributed by atoms with E-state index in [1.807, 2.05) is 23.2 Å². The highest BCUT2D eigenvalue weighted by molar-refractivity contribution is 5.87. The lowest BCUT2D eigenvalue weighted by Crippen LogP contribution is -2.25. The van der Waals surface area contributed by atoms with Crippen molar-refractivity contribution in [3.63, 3.8) is 0 Å². The second kappa shape index (κ2) is 5.06. The number of anilines is 1. The summed E-state index contributed by atoms with van der Waals surface area (Å²) in [5, 5.41) is 11.0. The third-order valence-electron chi connectivity index (χ3n) is 4.12. The maximum Gasteiger partial charge on any atom is 0.142 e. The first-order valence-corrected chi connectivity index (χ1v) is 7.20. The Morgan fingerprint density at radius 3 is 3.05 bits per heavy atom. The number of nitrogens with one attached hydrogen (secondary N) is 1. The molecule has 1 aliphatic heterocycles. The van der Waals surface area contributed by atoms with E-state index in [2.05, 4.69) is 15.0 Å². The van der Waals surface area contributed by atoms with Crippen LogP contribution >= 0.6 is 0 Å². The van der Waals surface area contributed by atoms with Crippen LogP contribution in [0.25, 0.3) is 11.0 Å². The molecule has 2 N–H and O–H groups in total. The van der Waals surface area contributed by atoms with Gasteiger partial charge in [0.2, 0.25) is 0 Å². The van der Waals surface area contributed by atoms with Gasteiger partial charge in [0.15, 0.2) is 0 Å². The standard InChI is InChI=1S/C16H15FN4O/c17-11-3-1-2-10(6-11)14-7-12(22)8-21(14)16-13-4-5-18-15(13)19-9-20-16/h1-6,9,12,14,22H,7-8H2,(H,18,19,20)/t12-,14+/m1/s1. The van der Waals surface area contributed by atoms with Gasteiger partial charge in [-0.3, -0.25) is 0 Å². The predicted molar refractivity (Wildman–Crippen MR) is 81.0 cm³/mol. The van der Waals surface area contributed by atoms with Gasteiger partial charge in [-0.15, -0.1) is 0 Å². The van der Waals surface area contributed by atoms with Crippen LogP contribution in [0.1, 0.15) is 18.0 Å². The second-order valence-electron chi connectivity index (χ2n) is 5.55. The summed E-state index contributed by atoms with van der Waals surface area (Å²) in [5.41, 5.74) is 1.60. The highest BCUT2D eigenvalue weighted by atomic mass is 19.1.